The van der Waals surface area contributed by atoms with Gasteiger partial charge in [-0.05, 0) is 36.6 Å². The predicted molar refractivity (Wildman–Crippen MR) is 110 cm³/mol. The van der Waals surface area contributed by atoms with Gasteiger partial charge in [-0.1, -0.05) is 6.92 Å². The van der Waals surface area contributed by atoms with Crippen molar-refractivity contribution in [2.45, 2.75) is 13.3 Å². The highest BCUT2D eigenvalue weighted by Gasteiger charge is 2.36. The van der Waals surface area contributed by atoms with Gasteiger partial charge < -0.3 is 19.7 Å². The molecule has 0 amide bonds. The maximum Gasteiger partial charge on any atom is 0.310 e. The molecule has 1 aromatic rings. The van der Waals surface area contributed by atoms with E-state index in [1.54, 1.807) is 19.2 Å². The maximum atomic E-state index is 12.8. The minimum absolute atomic E-state index is 0. The van der Waals surface area contributed by atoms with Gasteiger partial charge in [0.1, 0.15) is 11.6 Å². The van der Waals surface area contributed by atoms with Crippen LogP contribution in [0, 0.1) is 17.7 Å². The molecule has 1 N–H and O–H groups in total. The molecular weight excluding hydrogens is 452 g/mol. The van der Waals surface area contributed by atoms with Gasteiger partial charge in [0.05, 0.1) is 19.6 Å². The molecule has 1 heterocycles. The van der Waals surface area contributed by atoms with E-state index in [1.807, 2.05) is 6.92 Å². The Morgan fingerprint density at radius 1 is 1.35 bits per heavy atom. The Labute approximate surface area is 171 Å². The number of methoxy groups -OCH3 is 1. The zero-order valence-electron chi connectivity index (χ0n) is 15.4. The zero-order chi connectivity index (χ0) is 18.2. The summed E-state index contributed by atoms with van der Waals surface area (Å²) < 4.78 is 23.2. The third-order valence-corrected chi connectivity index (χ3v) is 4.31. The zero-order valence-corrected chi connectivity index (χ0v) is 17.7. The molecule has 0 aliphatic carbocycles. The number of hydrogen-bond acceptors (Lipinski definition) is 4. The van der Waals surface area contributed by atoms with Gasteiger partial charge in [0.15, 0.2) is 5.96 Å². The Balaban J connectivity index is 0.00000338. The fourth-order valence-electron chi connectivity index (χ4n) is 2.92. The number of carbonyl (C=O) groups is 1. The first-order valence-electron chi connectivity index (χ1n) is 8.47. The number of aliphatic imine (C=N–C) groups is 1. The van der Waals surface area contributed by atoms with Crippen molar-refractivity contribution in [1.82, 2.24) is 10.2 Å². The van der Waals surface area contributed by atoms with Gasteiger partial charge in [0.25, 0.3) is 0 Å². The van der Waals surface area contributed by atoms with Crippen LogP contribution in [0.15, 0.2) is 29.3 Å². The summed E-state index contributed by atoms with van der Waals surface area (Å²) in [5, 5.41) is 3.29. The molecule has 2 unspecified atom stereocenters. The minimum Gasteiger partial charge on any atom is -0.494 e. The Morgan fingerprint density at radius 2 is 2.04 bits per heavy atom. The molecule has 0 bridgehead atoms. The second-order valence-corrected chi connectivity index (χ2v) is 6.14. The van der Waals surface area contributed by atoms with Gasteiger partial charge in [-0.2, -0.15) is 0 Å². The average molecular weight is 479 g/mol. The molecule has 0 saturated carbocycles. The van der Waals surface area contributed by atoms with Crippen LogP contribution in [0.3, 0.4) is 0 Å². The van der Waals surface area contributed by atoms with Crippen LogP contribution in [0.25, 0.3) is 0 Å². The second-order valence-electron chi connectivity index (χ2n) is 6.14. The van der Waals surface area contributed by atoms with Gasteiger partial charge in [-0.3, -0.25) is 9.79 Å². The summed E-state index contributed by atoms with van der Waals surface area (Å²) in [6.45, 7) is 4.65. The number of nitrogens with zero attached hydrogens (tertiary/aromatic N) is 2. The number of ether oxygens (including phenoxy) is 2. The van der Waals surface area contributed by atoms with Crippen molar-refractivity contribution in [3.05, 3.63) is 30.1 Å². The quantitative estimate of drug-likeness (QED) is 0.224. The van der Waals surface area contributed by atoms with Crippen molar-refractivity contribution < 1.29 is 18.7 Å². The van der Waals surface area contributed by atoms with E-state index < -0.39 is 0 Å². The summed E-state index contributed by atoms with van der Waals surface area (Å²) in [7, 11) is 3.15. The molecule has 2 atom stereocenters. The largest absolute Gasteiger partial charge is 0.494 e. The first kappa shape index (κ1) is 22.5. The lowest BCUT2D eigenvalue weighted by Gasteiger charge is -2.21. The first-order chi connectivity index (χ1) is 12.0. The van der Waals surface area contributed by atoms with Crippen molar-refractivity contribution in [3.63, 3.8) is 0 Å². The van der Waals surface area contributed by atoms with Gasteiger partial charge in [0, 0.05) is 26.7 Å². The molecule has 0 aromatic heterocycles. The monoisotopic (exact) mass is 479 g/mol. The number of halogens is 2. The molecule has 26 heavy (non-hydrogen) atoms. The molecule has 1 fully saturated rings. The smallest absolute Gasteiger partial charge is 0.310 e. The van der Waals surface area contributed by atoms with Crippen LogP contribution in [0.4, 0.5) is 4.39 Å². The minimum atomic E-state index is -0.275. The van der Waals surface area contributed by atoms with E-state index >= 15 is 0 Å². The molecule has 1 aliphatic rings. The normalized spacial score (nSPS) is 19.7. The molecule has 1 aliphatic heterocycles. The summed E-state index contributed by atoms with van der Waals surface area (Å²) in [6.07, 6.45) is 0.778. The van der Waals surface area contributed by atoms with E-state index in [0.717, 1.165) is 18.9 Å². The highest BCUT2D eigenvalue weighted by Crippen LogP contribution is 2.24. The molecular formula is C18H27FIN3O3. The second kappa shape index (κ2) is 11.2. The van der Waals surface area contributed by atoms with Crippen molar-refractivity contribution in [3.8, 4) is 5.75 Å². The Kier molecular flexibility index (Phi) is 9.68. The molecule has 0 spiro atoms. The van der Waals surface area contributed by atoms with Gasteiger partial charge >= 0.3 is 5.97 Å². The number of hydrogen-bond donors (Lipinski definition) is 1. The molecule has 8 heteroatoms. The van der Waals surface area contributed by atoms with Crippen molar-refractivity contribution >= 4 is 35.9 Å². The summed E-state index contributed by atoms with van der Waals surface area (Å²) in [6, 6.07) is 5.98. The fraction of sp³-hybridized carbons (Fsp3) is 0.556. The van der Waals surface area contributed by atoms with E-state index in [2.05, 4.69) is 15.2 Å². The lowest BCUT2D eigenvalue weighted by atomic mass is 9.99. The SMILES string of the molecule is CN=C(NCCCOc1ccc(F)cc1)N1CC(C)C(C(=O)OC)C1.I. The van der Waals surface area contributed by atoms with Crippen LogP contribution >= 0.6 is 24.0 Å². The summed E-state index contributed by atoms with van der Waals surface area (Å²) in [4.78, 5) is 18.1. The van der Waals surface area contributed by atoms with E-state index in [0.29, 0.717) is 25.4 Å². The van der Waals surface area contributed by atoms with Crippen molar-refractivity contribution in [2.75, 3.05) is 40.4 Å². The standard InChI is InChI=1S/C18H26FN3O3.HI/c1-13-11-22(12-16(13)17(23)24-3)18(20-2)21-9-4-10-25-15-7-5-14(19)6-8-15;/h5-8,13,16H,4,9-12H2,1-3H3,(H,20,21);1H. The van der Waals surface area contributed by atoms with Crippen LogP contribution in [-0.2, 0) is 9.53 Å². The van der Waals surface area contributed by atoms with Crippen LogP contribution in [0.5, 0.6) is 5.75 Å². The molecule has 1 saturated heterocycles. The number of benzene rings is 1. The Morgan fingerprint density at radius 3 is 2.65 bits per heavy atom. The summed E-state index contributed by atoms with van der Waals surface area (Å²) in [5.41, 5.74) is 0. The van der Waals surface area contributed by atoms with E-state index in [1.165, 1.54) is 19.2 Å². The highest BCUT2D eigenvalue weighted by atomic mass is 127. The molecule has 2 rings (SSSR count). The third kappa shape index (κ3) is 6.30. The van der Waals surface area contributed by atoms with Crippen LogP contribution < -0.4 is 10.1 Å². The number of esters is 1. The van der Waals surface area contributed by atoms with Gasteiger partial charge in [0.2, 0.25) is 0 Å². The lowest BCUT2D eigenvalue weighted by Crippen LogP contribution is -2.41. The van der Waals surface area contributed by atoms with Crippen molar-refractivity contribution in [1.29, 1.82) is 0 Å². The van der Waals surface area contributed by atoms with Crippen LogP contribution in [0.1, 0.15) is 13.3 Å². The number of guanidine groups is 1. The molecule has 1 aromatic carbocycles. The first-order valence-corrected chi connectivity index (χ1v) is 8.47. The van der Waals surface area contributed by atoms with Crippen LogP contribution in [-0.4, -0.2) is 57.2 Å². The summed E-state index contributed by atoms with van der Waals surface area (Å²) >= 11 is 0. The Bertz CT molecular complexity index is 598. The average Bonchev–Trinajstić information content (AvgIpc) is 3.00. The van der Waals surface area contributed by atoms with E-state index in [9.17, 15) is 9.18 Å². The number of nitrogens with one attached hydrogen (secondary N) is 1. The molecule has 0 radical (unpaired) electrons. The lowest BCUT2D eigenvalue weighted by molar-refractivity contribution is -0.145. The van der Waals surface area contributed by atoms with Gasteiger partial charge in [-0.25, -0.2) is 4.39 Å². The third-order valence-electron chi connectivity index (χ3n) is 4.31. The maximum absolute atomic E-state index is 12.8. The number of carbonyl (C=O) groups excluding carboxylic acids is 1. The summed E-state index contributed by atoms with van der Waals surface area (Å²) in [5.74, 6) is 1.10. The molecule has 6 nitrogen and oxygen atoms in total. The van der Waals surface area contributed by atoms with Crippen LogP contribution in [0.2, 0.25) is 0 Å². The number of rotatable bonds is 6. The van der Waals surface area contributed by atoms with Crippen molar-refractivity contribution in [2.24, 2.45) is 16.8 Å². The number of likely N-dealkylation sites (tertiary alicyclic amines) is 1. The van der Waals surface area contributed by atoms with E-state index in [4.69, 9.17) is 9.47 Å². The van der Waals surface area contributed by atoms with E-state index in [-0.39, 0.29) is 47.6 Å². The Hall–Kier alpha value is -1.58. The predicted octanol–water partition coefficient (Wildman–Crippen LogP) is 2.53. The topological polar surface area (TPSA) is 63.2 Å². The van der Waals surface area contributed by atoms with Gasteiger partial charge in [-0.15, -0.1) is 24.0 Å². The fourth-order valence-corrected chi connectivity index (χ4v) is 2.92. The molecule has 146 valence electrons. The highest BCUT2D eigenvalue weighted by molar-refractivity contribution is 14.0.